The van der Waals surface area contributed by atoms with Gasteiger partial charge in [-0.25, -0.2) is 0 Å². The minimum absolute atomic E-state index is 0.180. The molecule has 1 N–H and O–H groups in total. The molecule has 0 bridgehead atoms. The summed E-state index contributed by atoms with van der Waals surface area (Å²) in [7, 11) is 0. The molecule has 0 radical (unpaired) electrons. The maximum Gasteiger partial charge on any atom is 0.311 e. The predicted molar refractivity (Wildman–Crippen MR) is 59.9 cm³/mol. The number of nitrogens with zero attached hydrogens (tertiary/aromatic N) is 1. The monoisotopic (exact) mass is 239 g/mol. The van der Waals surface area contributed by atoms with E-state index in [1.54, 1.807) is 0 Å². The first kappa shape index (κ1) is 13.0. The van der Waals surface area contributed by atoms with Crippen molar-refractivity contribution in [2.45, 2.75) is 26.2 Å². The minimum Gasteiger partial charge on any atom is -0.504 e. The first-order valence-electron chi connectivity index (χ1n) is 5.22. The Kier molecular flexibility index (Phi) is 4.45. The van der Waals surface area contributed by atoms with Gasteiger partial charge in [0.25, 0.3) is 5.69 Å². The van der Waals surface area contributed by atoms with E-state index in [-0.39, 0.29) is 23.6 Å². The number of unbranched alkanes of at least 4 members (excludes halogenated alkanes) is 1. The van der Waals surface area contributed by atoms with Crippen LogP contribution >= 0.6 is 0 Å². The normalized spacial score (nSPS) is 9.94. The van der Waals surface area contributed by atoms with E-state index in [0.717, 1.165) is 24.6 Å². The Morgan fingerprint density at radius 2 is 2.24 bits per heavy atom. The summed E-state index contributed by atoms with van der Waals surface area (Å²) >= 11 is 0. The third-order valence-corrected chi connectivity index (χ3v) is 2.11. The summed E-state index contributed by atoms with van der Waals surface area (Å²) in [6.07, 6.45) is 1.74. The number of phenols is 1. The fraction of sp³-hybridized carbons (Fsp3) is 0.364. The highest BCUT2D eigenvalue weighted by molar-refractivity contribution is 5.73. The van der Waals surface area contributed by atoms with Crippen LogP contribution in [0.4, 0.5) is 5.69 Å². The molecule has 6 nitrogen and oxygen atoms in total. The molecule has 0 unspecified atom stereocenters. The number of nitro benzene ring substituents is 1. The average Bonchev–Trinajstić information content (AvgIpc) is 2.29. The summed E-state index contributed by atoms with van der Waals surface area (Å²) in [6.45, 7) is 1.93. The van der Waals surface area contributed by atoms with Crippen LogP contribution in [0.2, 0.25) is 0 Å². The van der Waals surface area contributed by atoms with Gasteiger partial charge in [-0.1, -0.05) is 13.3 Å². The lowest BCUT2D eigenvalue weighted by Crippen LogP contribution is -2.07. The Labute approximate surface area is 98.0 Å². The highest BCUT2D eigenvalue weighted by atomic mass is 16.6. The molecular formula is C11H13NO5. The lowest BCUT2D eigenvalue weighted by Gasteiger charge is -2.05. The molecule has 0 fully saturated rings. The van der Waals surface area contributed by atoms with Crippen molar-refractivity contribution in [3.63, 3.8) is 0 Å². The molecule has 0 saturated carbocycles. The van der Waals surface area contributed by atoms with Crippen molar-refractivity contribution in [1.82, 2.24) is 0 Å². The Hall–Kier alpha value is -2.11. The molecular weight excluding hydrogens is 226 g/mol. The van der Waals surface area contributed by atoms with Crippen LogP contribution in [0.25, 0.3) is 0 Å². The zero-order valence-corrected chi connectivity index (χ0v) is 9.38. The standard InChI is InChI=1S/C11H13NO5/c1-2-3-4-11(14)17-10-7-8(12(15)16)5-6-9(10)13/h5-7,13H,2-4H2,1H3. The van der Waals surface area contributed by atoms with Crippen molar-refractivity contribution in [3.8, 4) is 11.5 Å². The number of esters is 1. The molecule has 0 heterocycles. The van der Waals surface area contributed by atoms with Crippen molar-refractivity contribution in [3.05, 3.63) is 28.3 Å². The molecule has 0 amide bonds. The number of hydrogen-bond donors (Lipinski definition) is 1. The van der Waals surface area contributed by atoms with Gasteiger partial charge in [0, 0.05) is 12.5 Å². The number of phenolic OH excluding ortho intramolecular Hbond substituents is 1. The zero-order chi connectivity index (χ0) is 12.8. The zero-order valence-electron chi connectivity index (χ0n) is 9.38. The molecule has 6 heteroatoms. The van der Waals surface area contributed by atoms with E-state index in [4.69, 9.17) is 4.74 Å². The van der Waals surface area contributed by atoms with E-state index in [2.05, 4.69) is 0 Å². The number of non-ortho nitro benzene ring substituents is 1. The first-order valence-corrected chi connectivity index (χ1v) is 5.22. The van der Waals surface area contributed by atoms with Gasteiger partial charge >= 0.3 is 5.97 Å². The Morgan fingerprint density at radius 1 is 1.53 bits per heavy atom. The highest BCUT2D eigenvalue weighted by Crippen LogP contribution is 2.30. The van der Waals surface area contributed by atoms with Crippen LogP contribution in [0.3, 0.4) is 0 Å². The van der Waals surface area contributed by atoms with E-state index in [1.807, 2.05) is 6.92 Å². The van der Waals surface area contributed by atoms with Gasteiger partial charge in [0.2, 0.25) is 0 Å². The van der Waals surface area contributed by atoms with E-state index in [1.165, 1.54) is 0 Å². The van der Waals surface area contributed by atoms with E-state index < -0.39 is 10.9 Å². The molecule has 0 atom stereocenters. The molecule has 0 aliphatic heterocycles. The second kappa shape index (κ2) is 5.83. The van der Waals surface area contributed by atoms with Gasteiger partial charge in [-0.15, -0.1) is 0 Å². The lowest BCUT2D eigenvalue weighted by molar-refractivity contribution is -0.384. The molecule has 0 aromatic heterocycles. The van der Waals surface area contributed by atoms with E-state index >= 15 is 0 Å². The number of rotatable bonds is 5. The number of carbonyl (C=O) groups excluding carboxylic acids is 1. The largest absolute Gasteiger partial charge is 0.504 e. The second-order valence-corrected chi connectivity index (χ2v) is 3.49. The Bertz CT molecular complexity index is 430. The Balaban J connectivity index is 2.79. The van der Waals surface area contributed by atoms with Gasteiger partial charge in [0.05, 0.1) is 11.0 Å². The van der Waals surface area contributed by atoms with Crippen molar-refractivity contribution >= 4 is 11.7 Å². The highest BCUT2D eigenvalue weighted by Gasteiger charge is 2.14. The van der Waals surface area contributed by atoms with Gasteiger partial charge < -0.3 is 9.84 Å². The number of aromatic hydroxyl groups is 1. The summed E-state index contributed by atoms with van der Waals surface area (Å²) in [5.74, 6) is -0.983. The fourth-order valence-corrected chi connectivity index (χ4v) is 1.19. The molecule has 0 aliphatic carbocycles. The van der Waals surface area contributed by atoms with Gasteiger partial charge in [-0.2, -0.15) is 0 Å². The molecule has 92 valence electrons. The van der Waals surface area contributed by atoms with Gasteiger partial charge in [0.1, 0.15) is 0 Å². The maximum absolute atomic E-state index is 11.3. The number of ether oxygens (including phenoxy) is 1. The van der Waals surface area contributed by atoms with Crippen molar-refractivity contribution in [2.24, 2.45) is 0 Å². The van der Waals surface area contributed by atoms with E-state index in [9.17, 15) is 20.0 Å². The first-order chi connectivity index (χ1) is 8.04. The quantitative estimate of drug-likeness (QED) is 0.369. The van der Waals surface area contributed by atoms with Gasteiger partial charge in [-0.05, 0) is 12.5 Å². The Morgan fingerprint density at radius 3 is 2.82 bits per heavy atom. The molecule has 17 heavy (non-hydrogen) atoms. The van der Waals surface area contributed by atoms with Crippen LogP contribution < -0.4 is 4.74 Å². The number of nitro groups is 1. The number of benzene rings is 1. The van der Waals surface area contributed by atoms with Crippen LogP contribution in [0, 0.1) is 10.1 Å². The fourth-order valence-electron chi connectivity index (χ4n) is 1.19. The van der Waals surface area contributed by atoms with Crippen LogP contribution in [0.1, 0.15) is 26.2 Å². The van der Waals surface area contributed by atoms with Crippen LogP contribution in [-0.2, 0) is 4.79 Å². The second-order valence-electron chi connectivity index (χ2n) is 3.49. The number of carbonyl (C=O) groups is 1. The SMILES string of the molecule is CCCCC(=O)Oc1cc([N+](=O)[O-])ccc1O. The van der Waals surface area contributed by atoms with Crippen molar-refractivity contribution < 1.29 is 19.6 Å². The third-order valence-electron chi connectivity index (χ3n) is 2.11. The van der Waals surface area contributed by atoms with Crippen LogP contribution in [-0.4, -0.2) is 16.0 Å². The predicted octanol–water partition coefficient (Wildman–Crippen LogP) is 2.40. The topological polar surface area (TPSA) is 89.7 Å². The van der Waals surface area contributed by atoms with E-state index in [0.29, 0.717) is 6.42 Å². The molecule has 0 spiro atoms. The molecule has 0 aliphatic rings. The third kappa shape index (κ3) is 3.75. The molecule has 0 saturated heterocycles. The summed E-state index contributed by atoms with van der Waals surface area (Å²) in [6, 6.07) is 3.29. The van der Waals surface area contributed by atoms with Crippen molar-refractivity contribution in [1.29, 1.82) is 0 Å². The summed E-state index contributed by atoms with van der Waals surface area (Å²) in [4.78, 5) is 21.2. The van der Waals surface area contributed by atoms with Crippen molar-refractivity contribution in [2.75, 3.05) is 0 Å². The van der Waals surface area contributed by atoms with Gasteiger partial charge in [0.15, 0.2) is 11.5 Å². The number of hydrogen-bond acceptors (Lipinski definition) is 5. The average molecular weight is 239 g/mol. The summed E-state index contributed by atoms with van der Waals surface area (Å²) < 4.78 is 4.84. The molecule has 1 aromatic rings. The van der Waals surface area contributed by atoms with Gasteiger partial charge in [-0.3, -0.25) is 14.9 Å². The maximum atomic E-state index is 11.3. The molecule has 1 aromatic carbocycles. The summed E-state index contributed by atoms with van der Waals surface area (Å²) in [5, 5.41) is 19.9. The smallest absolute Gasteiger partial charge is 0.311 e. The minimum atomic E-state index is -0.622. The summed E-state index contributed by atoms with van der Waals surface area (Å²) in [5.41, 5.74) is -0.235. The van der Waals surface area contributed by atoms with Crippen LogP contribution in [0.5, 0.6) is 11.5 Å². The lowest BCUT2D eigenvalue weighted by atomic mass is 10.2. The molecule has 1 rings (SSSR count). The van der Waals surface area contributed by atoms with Crippen LogP contribution in [0.15, 0.2) is 18.2 Å².